The number of rotatable bonds is 6. The first-order chi connectivity index (χ1) is 13.1. The third-order valence-corrected chi connectivity index (χ3v) is 4.81. The molecule has 6 heteroatoms. The number of carbonyl (C=O) groups is 2. The lowest BCUT2D eigenvalue weighted by Crippen LogP contribution is -2.20. The van der Waals surface area contributed by atoms with Gasteiger partial charge in [0.05, 0.1) is 12.7 Å². The van der Waals surface area contributed by atoms with Crippen molar-refractivity contribution in [2.75, 3.05) is 19.0 Å². The number of amides is 1. The van der Waals surface area contributed by atoms with Crippen LogP contribution in [-0.4, -0.2) is 25.6 Å². The molecule has 138 valence electrons. The van der Waals surface area contributed by atoms with Crippen molar-refractivity contribution >= 4 is 28.2 Å². The number of hydrogen-bond donors (Lipinski definition) is 1. The Morgan fingerprint density at radius 3 is 2.33 bits per heavy atom. The van der Waals surface area contributed by atoms with Gasteiger partial charge in [0.2, 0.25) is 0 Å². The van der Waals surface area contributed by atoms with Crippen LogP contribution in [0.2, 0.25) is 0 Å². The summed E-state index contributed by atoms with van der Waals surface area (Å²) in [5.74, 6) is -0.221. The molecule has 1 amide bonds. The molecule has 1 N–H and O–H groups in total. The predicted molar refractivity (Wildman–Crippen MR) is 106 cm³/mol. The maximum Gasteiger partial charge on any atom is 0.340 e. The zero-order valence-corrected chi connectivity index (χ0v) is 15.8. The molecule has 0 aliphatic carbocycles. The van der Waals surface area contributed by atoms with E-state index in [-0.39, 0.29) is 12.5 Å². The van der Waals surface area contributed by atoms with Crippen LogP contribution < -0.4 is 10.1 Å². The Morgan fingerprint density at radius 2 is 1.67 bits per heavy atom. The van der Waals surface area contributed by atoms with E-state index in [4.69, 9.17) is 9.47 Å². The van der Waals surface area contributed by atoms with Gasteiger partial charge in [0.15, 0.2) is 6.61 Å². The van der Waals surface area contributed by atoms with E-state index in [0.29, 0.717) is 16.3 Å². The van der Waals surface area contributed by atoms with Gasteiger partial charge in [-0.15, -0.1) is 11.3 Å². The Labute approximate surface area is 161 Å². The molecule has 0 saturated heterocycles. The van der Waals surface area contributed by atoms with Crippen LogP contribution in [0.4, 0.5) is 5.00 Å². The summed E-state index contributed by atoms with van der Waals surface area (Å²) >= 11 is 1.32. The fourth-order valence-electron chi connectivity index (χ4n) is 2.55. The number of nitrogens with one attached hydrogen (secondary N) is 1. The summed E-state index contributed by atoms with van der Waals surface area (Å²) in [5.41, 5.74) is 2.54. The summed E-state index contributed by atoms with van der Waals surface area (Å²) in [6.45, 7) is 1.71. The fraction of sp³-hybridized carbons (Fsp3) is 0.143. The van der Waals surface area contributed by atoms with Gasteiger partial charge in [-0.25, -0.2) is 4.79 Å². The van der Waals surface area contributed by atoms with E-state index >= 15 is 0 Å². The number of aryl methyl sites for hydroxylation is 1. The Kier molecular flexibility index (Phi) is 5.88. The average molecular weight is 381 g/mol. The topological polar surface area (TPSA) is 64.6 Å². The highest BCUT2D eigenvalue weighted by Crippen LogP contribution is 2.28. The highest BCUT2D eigenvalue weighted by molar-refractivity contribution is 7.16. The van der Waals surface area contributed by atoms with Gasteiger partial charge in [-0.05, 0) is 36.2 Å². The molecule has 0 unspecified atom stereocenters. The van der Waals surface area contributed by atoms with E-state index in [1.165, 1.54) is 18.4 Å². The van der Waals surface area contributed by atoms with Crippen molar-refractivity contribution in [1.29, 1.82) is 0 Å². The lowest BCUT2D eigenvalue weighted by molar-refractivity contribution is -0.118. The quantitative estimate of drug-likeness (QED) is 0.637. The molecule has 5 nitrogen and oxygen atoms in total. The van der Waals surface area contributed by atoms with Gasteiger partial charge in [0.25, 0.3) is 5.91 Å². The summed E-state index contributed by atoms with van der Waals surface area (Å²) in [4.78, 5) is 24.8. The molecule has 0 radical (unpaired) electrons. The third kappa shape index (κ3) is 4.74. The van der Waals surface area contributed by atoms with Gasteiger partial charge < -0.3 is 14.8 Å². The van der Waals surface area contributed by atoms with E-state index in [2.05, 4.69) is 5.32 Å². The van der Waals surface area contributed by atoms with Crippen molar-refractivity contribution in [2.45, 2.75) is 6.92 Å². The molecule has 0 spiro atoms. The van der Waals surface area contributed by atoms with Crippen LogP contribution in [0, 0.1) is 6.92 Å². The second kappa shape index (κ2) is 8.51. The SMILES string of the molecule is COC(=O)c1cc(C)sc1NC(=O)COc1ccc(-c2ccccc2)cc1. The lowest BCUT2D eigenvalue weighted by Gasteiger charge is -2.08. The second-order valence-electron chi connectivity index (χ2n) is 5.82. The molecule has 27 heavy (non-hydrogen) atoms. The molecule has 0 saturated carbocycles. The highest BCUT2D eigenvalue weighted by atomic mass is 32.1. The molecule has 1 aromatic heterocycles. The molecular weight excluding hydrogens is 362 g/mol. The minimum atomic E-state index is -0.480. The fourth-order valence-corrected chi connectivity index (χ4v) is 3.47. The summed E-state index contributed by atoms with van der Waals surface area (Å²) < 4.78 is 10.3. The zero-order chi connectivity index (χ0) is 19.2. The van der Waals surface area contributed by atoms with E-state index < -0.39 is 5.97 Å². The standard InChI is InChI=1S/C21H19NO4S/c1-14-12-18(21(24)25-2)20(27-14)22-19(23)13-26-17-10-8-16(9-11-17)15-6-4-3-5-7-15/h3-12H,13H2,1-2H3,(H,22,23). The van der Waals surface area contributed by atoms with Gasteiger partial charge in [0.1, 0.15) is 10.8 Å². The van der Waals surface area contributed by atoms with E-state index in [1.807, 2.05) is 61.5 Å². The average Bonchev–Trinajstić information content (AvgIpc) is 3.07. The number of hydrogen-bond acceptors (Lipinski definition) is 5. The highest BCUT2D eigenvalue weighted by Gasteiger charge is 2.17. The zero-order valence-electron chi connectivity index (χ0n) is 15.0. The smallest absolute Gasteiger partial charge is 0.340 e. The van der Waals surface area contributed by atoms with Gasteiger partial charge in [-0.1, -0.05) is 42.5 Å². The van der Waals surface area contributed by atoms with Crippen molar-refractivity contribution in [3.05, 3.63) is 71.1 Å². The number of ether oxygens (including phenoxy) is 2. The minimum Gasteiger partial charge on any atom is -0.484 e. The molecule has 1 heterocycles. The first-order valence-corrected chi connectivity index (χ1v) is 9.15. The number of anilines is 1. The van der Waals surface area contributed by atoms with Crippen molar-refractivity contribution in [3.8, 4) is 16.9 Å². The van der Waals surface area contributed by atoms with E-state index in [9.17, 15) is 9.59 Å². The van der Waals surface area contributed by atoms with Crippen molar-refractivity contribution < 1.29 is 19.1 Å². The number of esters is 1. The molecule has 0 atom stereocenters. The van der Waals surface area contributed by atoms with Crippen LogP contribution in [0.15, 0.2) is 60.7 Å². The summed E-state index contributed by atoms with van der Waals surface area (Å²) in [6, 6.07) is 19.2. The molecule has 2 aromatic carbocycles. The predicted octanol–water partition coefficient (Wildman–Crippen LogP) is 4.53. The number of carbonyl (C=O) groups excluding carboxylic acids is 2. The van der Waals surface area contributed by atoms with Crippen LogP contribution in [0.1, 0.15) is 15.2 Å². The van der Waals surface area contributed by atoms with E-state index in [0.717, 1.165) is 16.0 Å². The molecule has 0 fully saturated rings. The van der Waals surface area contributed by atoms with Crippen LogP contribution in [0.5, 0.6) is 5.75 Å². The lowest BCUT2D eigenvalue weighted by atomic mass is 10.1. The molecule has 3 aromatic rings. The molecule has 3 rings (SSSR count). The molecular formula is C21H19NO4S. The van der Waals surface area contributed by atoms with Gasteiger partial charge in [-0.3, -0.25) is 4.79 Å². The van der Waals surface area contributed by atoms with Crippen LogP contribution in [0.25, 0.3) is 11.1 Å². The Balaban J connectivity index is 1.59. The normalized spacial score (nSPS) is 10.3. The molecule has 0 aliphatic rings. The van der Waals surface area contributed by atoms with Crippen LogP contribution >= 0.6 is 11.3 Å². The maximum absolute atomic E-state index is 12.2. The first kappa shape index (κ1) is 18.7. The van der Waals surface area contributed by atoms with Gasteiger partial charge >= 0.3 is 5.97 Å². The summed E-state index contributed by atoms with van der Waals surface area (Å²) in [7, 11) is 1.31. The van der Waals surface area contributed by atoms with Crippen molar-refractivity contribution in [2.24, 2.45) is 0 Å². The van der Waals surface area contributed by atoms with Crippen LogP contribution in [-0.2, 0) is 9.53 Å². The number of benzene rings is 2. The summed E-state index contributed by atoms with van der Waals surface area (Å²) in [6.07, 6.45) is 0. The van der Waals surface area contributed by atoms with Crippen LogP contribution in [0.3, 0.4) is 0 Å². The Morgan fingerprint density at radius 1 is 1.00 bits per heavy atom. The summed E-state index contributed by atoms with van der Waals surface area (Å²) in [5, 5.41) is 3.17. The van der Waals surface area contributed by atoms with Crippen molar-refractivity contribution in [1.82, 2.24) is 0 Å². The third-order valence-electron chi connectivity index (χ3n) is 3.84. The minimum absolute atomic E-state index is 0.151. The Hall–Kier alpha value is -3.12. The molecule has 0 bridgehead atoms. The second-order valence-corrected chi connectivity index (χ2v) is 7.08. The van der Waals surface area contributed by atoms with Gasteiger partial charge in [-0.2, -0.15) is 0 Å². The Bertz CT molecular complexity index is 933. The molecule has 0 aliphatic heterocycles. The monoisotopic (exact) mass is 381 g/mol. The number of thiophene rings is 1. The number of methoxy groups -OCH3 is 1. The largest absolute Gasteiger partial charge is 0.484 e. The van der Waals surface area contributed by atoms with E-state index in [1.54, 1.807) is 6.07 Å². The first-order valence-electron chi connectivity index (χ1n) is 8.33. The van der Waals surface area contributed by atoms with Gasteiger partial charge in [0, 0.05) is 4.88 Å². The van der Waals surface area contributed by atoms with Crippen molar-refractivity contribution in [3.63, 3.8) is 0 Å². The maximum atomic E-state index is 12.2.